The summed E-state index contributed by atoms with van der Waals surface area (Å²) in [5, 5.41) is 7.96. The lowest BCUT2D eigenvalue weighted by molar-refractivity contribution is -0.276. The fourth-order valence-electron chi connectivity index (χ4n) is 0.513. The van der Waals surface area contributed by atoms with Crippen molar-refractivity contribution in [2.75, 3.05) is 6.67 Å². The van der Waals surface area contributed by atoms with Crippen LogP contribution in [-0.4, -0.2) is 24.0 Å². The van der Waals surface area contributed by atoms with E-state index in [2.05, 4.69) is 11.5 Å². The molecule has 0 fully saturated rings. The second kappa shape index (κ2) is 4.35. The SMILES string of the molecule is C=CC(CC(F)(F)CF)OO. The van der Waals surface area contributed by atoms with E-state index in [9.17, 15) is 13.2 Å². The van der Waals surface area contributed by atoms with Gasteiger partial charge in [0.15, 0.2) is 6.67 Å². The van der Waals surface area contributed by atoms with Crippen molar-refractivity contribution in [3.05, 3.63) is 12.7 Å². The van der Waals surface area contributed by atoms with E-state index >= 15 is 0 Å². The van der Waals surface area contributed by atoms with Crippen LogP contribution < -0.4 is 0 Å². The van der Waals surface area contributed by atoms with Crippen LogP contribution in [-0.2, 0) is 4.89 Å². The minimum atomic E-state index is -3.46. The molecule has 0 aliphatic rings. The van der Waals surface area contributed by atoms with E-state index in [-0.39, 0.29) is 0 Å². The molecule has 0 aromatic heterocycles. The molecule has 0 saturated carbocycles. The van der Waals surface area contributed by atoms with Gasteiger partial charge in [0.2, 0.25) is 0 Å². The molecule has 11 heavy (non-hydrogen) atoms. The van der Waals surface area contributed by atoms with Crippen LogP contribution >= 0.6 is 0 Å². The molecular weight excluding hydrogens is 161 g/mol. The van der Waals surface area contributed by atoms with Gasteiger partial charge in [0.25, 0.3) is 5.92 Å². The standard InChI is InChI=1S/C6H9F3O2/c1-2-5(11-10)3-6(8,9)4-7/h2,5,10H,1,3-4H2. The van der Waals surface area contributed by atoms with Gasteiger partial charge in [-0.1, -0.05) is 6.08 Å². The van der Waals surface area contributed by atoms with Crippen molar-refractivity contribution in [3.8, 4) is 0 Å². The van der Waals surface area contributed by atoms with E-state index in [1.165, 1.54) is 0 Å². The maximum absolute atomic E-state index is 12.2. The molecule has 0 aromatic rings. The minimum Gasteiger partial charge on any atom is -0.251 e. The summed E-state index contributed by atoms with van der Waals surface area (Å²) in [5.74, 6) is -3.46. The third-order valence-corrected chi connectivity index (χ3v) is 1.09. The zero-order valence-electron chi connectivity index (χ0n) is 5.77. The summed E-state index contributed by atoms with van der Waals surface area (Å²) in [6.07, 6.45) is -1.15. The summed E-state index contributed by atoms with van der Waals surface area (Å²) >= 11 is 0. The van der Waals surface area contributed by atoms with Crippen molar-refractivity contribution >= 4 is 0 Å². The smallest absolute Gasteiger partial charge is 0.251 e. The van der Waals surface area contributed by atoms with E-state index in [1.54, 1.807) is 0 Å². The normalized spacial score (nSPS) is 14.5. The van der Waals surface area contributed by atoms with E-state index < -0.39 is 25.1 Å². The van der Waals surface area contributed by atoms with Crippen LogP contribution in [0.2, 0.25) is 0 Å². The molecule has 1 unspecified atom stereocenters. The Balaban J connectivity index is 3.88. The lowest BCUT2D eigenvalue weighted by Crippen LogP contribution is -2.26. The van der Waals surface area contributed by atoms with Gasteiger partial charge in [0.1, 0.15) is 6.10 Å². The molecule has 1 atom stereocenters. The van der Waals surface area contributed by atoms with Crippen molar-refractivity contribution in [1.29, 1.82) is 0 Å². The summed E-state index contributed by atoms with van der Waals surface area (Å²) in [4.78, 5) is 3.57. The van der Waals surface area contributed by atoms with Crippen LogP contribution in [0, 0.1) is 0 Å². The van der Waals surface area contributed by atoms with Gasteiger partial charge in [0.05, 0.1) is 0 Å². The second-order valence-corrected chi connectivity index (χ2v) is 2.07. The maximum Gasteiger partial charge on any atom is 0.278 e. The van der Waals surface area contributed by atoms with Gasteiger partial charge >= 0.3 is 0 Å². The van der Waals surface area contributed by atoms with Crippen LogP contribution in [0.3, 0.4) is 0 Å². The summed E-state index contributed by atoms with van der Waals surface area (Å²) in [6, 6.07) is 0. The molecule has 0 heterocycles. The minimum absolute atomic E-state index is 0.899. The number of halogens is 3. The quantitative estimate of drug-likeness (QED) is 0.388. The first-order chi connectivity index (χ1) is 5.05. The van der Waals surface area contributed by atoms with Gasteiger partial charge in [-0.2, -0.15) is 0 Å². The average molecular weight is 170 g/mol. The monoisotopic (exact) mass is 170 g/mol. The van der Waals surface area contributed by atoms with Crippen LogP contribution in [0.5, 0.6) is 0 Å². The molecule has 0 bridgehead atoms. The third-order valence-electron chi connectivity index (χ3n) is 1.09. The Kier molecular flexibility index (Phi) is 4.14. The highest BCUT2D eigenvalue weighted by molar-refractivity contribution is 4.84. The maximum atomic E-state index is 12.2. The van der Waals surface area contributed by atoms with Crippen LogP contribution in [0.4, 0.5) is 13.2 Å². The topological polar surface area (TPSA) is 29.5 Å². The lowest BCUT2D eigenvalue weighted by Gasteiger charge is -2.15. The molecule has 0 amide bonds. The summed E-state index contributed by atoms with van der Waals surface area (Å²) in [5.41, 5.74) is 0. The zero-order valence-corrected chi connectivity index (χ0v) is 5.77. The van der Waals surface area contributed by atoms with Crippen molar-refractivity contribution in [2.24, 2.45) is 0 Å². The Bertz CT molecular complexity index is 127. The molecule has 0 spiro atoms. The predicted molar refractivity (Wildman–Crippen MR) is 33.2 cm³/mol. The molecule has 66 valence electrons. The summed E-state index contributed by atoms with van der Waals surface area (Å²) in [7, 11) is 0. The largest absolute Gasteiger partial charge is 0.278 e. The average Bonchev–Trinajstić information content (AvgIpc) is 2.00. The Labute approximate surface area is 62.2 Å². The molecule has 0 aliphatic heterocycles. The fraction of sp³-hybridized carbons (Fsp3) is 0.667. The van der Waals surface area contributed by atoms with E-state index in [0.717, 1.165) is 6.08 Å². The van der Waals surface area contributed by atoms with Crippen molar-refractivity contribution in [3.63, 3.8) is 0 Å². The molecule has 1 N–H and O–H groups in total. The molecule has 0 aliphatic carbocycles. The van der Waals surface area contributed by atoms with Gasteiger partial charge < -0.3 is 0 Å². The van der Waals surface area contributed by atoms with Crippen molar-refractivity contribution in [2.45, 2.75) is 18.4 Å². The highest BCUT2D eigenvalue weighted by Crippen LogP contribution is 2.22. The molecule has 2 nitrogen and oxygen atoms in total. The molecule has 0 radical (unpaired) electrons. The fourth-order valence-corrected chi connectivity index (χ4v) is 0.513. The highest BCUT2D eigenvalue weighted by atomic mass is 19.3. The zero-order chi connectivity index (χ0) is 8.91. The Hall–Kier alpha value is -0.550. The molecule has 5 heteroatoms. The first kappa shape index (κ1) is 10.4. The van der Waals surface area contributed by atoms with Crippen molar-refractivity contribution in [1.82, 2.24) is 0 Å². The van der Waals surface area contributed by atoms with E-state index in [1.807, 2.05) is 0 Å². The van der Waals surface area contributed by atoms with Gasteiger partial charge in [-0.3, -0.25) is 5.26 Å². The molecule has 0 saturated heterocycles. The Morgan fingerprint density at radius 2 is 2.18 bits per heavy atom. The molecular formula is C6H9F3O2. The number of rotatable bonds is 5. The Morgan fingerprint density at radius 1 is 1.64 bits per heavy atom. The summed E-state index contributed by atoms with van der Waals surface area (Å²) in [6.45, 7) is 1.35. The van der Waals surface area contributed by atoms with Crippen LogP contribution in [0.1, 0.15) is 6.42 Å². The highest BCUT2D eigenvalue weighted by Gasteiger charge is 2.32. The van der Waals surface area contributed by atoms with Crippen LogP contribution in [0.25, 0.3) is 0 Å². The predicted octanol–water partition coefficient (Wildman–Crippen LogP) is 2.03. The first-order valence-electron chi connectivity index (χ1n) is 2.92. The van der Waals surface area contributed by atoms with E-state index in [0.29, 0.717) is 0 Å². The third kappa shape index (κ3) is 4.00. The number of hydrogen-bond donors (Lipinski definition) is 1. The molecule has 0 rings (SSSR count). The number of alkyl halides is 3. The lowest BCUT2D eigenvalue weighted by atomic mass is 10.1. The van der Waals surface area contributed by atoms with Gasteiger partial charge in [0, 0.05) is 6.42 Å². The summed E-state index contributed by atoms with van der Waals surface area (Å²) < 4.78 is 35.8. The van der Waals surface area contributed by atoms with Crippen LogP contribution in [0.15, 0.2) is 12.7 Å². The van der Waals surface area contributed by atoms with E-state index in [4.69, 9.17) is 5.26 Å². The van der Waals surface area contributed by atoms with Crippen molar-refractivity contribution < 1.29 is 23.3 Å². The van der Waals surface area contributed by atoms with Gasteiger partial charge in [-0.15, -0.1) is 6.58 Å². The number of hydrogen-bond acceptors (Lipinski definition) is 2. The molecule has 0 aromatic carbocycles. The van der Waals surface area contributed by atoms with Gasteiger partial charge in [-0.05, 0) is 0 Å². The second-order valence-electron chi connectivity index (χ2n) is 2.07. The first-order valence-corrected chi connectivity index (χ1v) is 2.92. The Morgan fingerprint density at radius 3 is 2.45 bits per heavy atom. The van der Waals surface area contributed by atoms with Gasteiger partial charge in [-0.25, -0.2) is 18.1 Å².